The first-order valence-electron chi connectivity index (χ1n) is 8.58. The average Bonchev–Trinajstić information content (AvgIpc) is 2.51. The summed E-state index contributed by atoms with van der Waals surface area (Å²) in [6.07, 6.45) is 5.23. The predicted octanol–water partition coefficient (Wildman–Crippen LogP) is 0.870. The van der Waals surface area contributed by atoms with Gasteiger partial charge in [0.05, 0.1) is 11.5 Å². The van der Waals surface area contributed by atoms with E-state index in [0.29, 0.717) is 31.2 Å². The molecule has 1 aliphatic carbocycles. The minimum atomic E-state index is -2.91. The second-order valence-electron chi connectivity index (χ2n) is 7.00. The van der Waals surface area contributed by atoms with E-state index < -0.39 is 9.84 Å². The maximum Gasteiger partial charge on any atom is 0.223 e. The molecule has 2 rings (SSSR count). The zero-order valence-electron chi connectivity index (χ0n) is 13.8. The average molecular weight is 344 g/mol. The van der Waals surface area contributed by atoms with Gasteiger partial charge in [-0.1, -0.05) is 0 Å². The van der Waals surface area contributed by atoms with E-state index >= 15 is 0 Å². The summed E-state index contributed by atoms with van der Waals surface area (Å²) in [5, 5.41) is 5.88. The molecule has 0 atom stereocenters. The fourth-order valence-electron chi connectivity index (χ4n) is 3.47. The largest absolute Gasteiger partial charge is 0.356 e. The first-order chi connectivity index (χ1) is 10.9. The molecule has 2 fully saturated rings. The lowest BCUT2D eigenvalue weighted by molar-refractivity contribution is -0.125. The molecule has 0 spiro atoms. The highest BCUT2D eigenvalue weighted by molar-refractivity contribution is 7.91. The zero-order chi connectivity index (χ0) is 16.9. The Bertz CT molecular complexity index is 510. The van der Waals surface area contributed by atoms with Gasteiger partial charge in [-0.15, -0.1) is 0 Å². The van der Waals surface area contributed by atoms with Crippen LogP contribution < -0.4 is 10.6 Å². The Morgan fingerprint density at radius 2 is 1.35 bits per heavy atom. The lowest BCUT2D eigenvalue weighted by Crippen LogP contribution is -2.39. The van der Waals surface area contributed by atoms with Gasteiger partial charge in [-0.05, 0) is 50.4 Å². The third-order valence-corrected chi connectivity index (χ3v) is 6.81. The molecule has 0 aromatic heterocycles. The summed E-state index contributed by atoms with van der Waals surface area (Å²) in [5.74, 6) is 1.22. The fraction of sp³-hybridized carbons (Fsp3) is 0.875. The van der Waals surface area contributed by atoms with E-state index in [1.54, 1.807) is 0 Å². The molecule has 1 saturated heterocycles. The molecule has 1 heterocycles. The Morgan fingerprint density at radius 3 is 1.83 bits per heavy atom. The molecule has 2 aliphatic rings. The Labute approximate surface area is 138 Å². The summed E-state index contributed by atoms with van der Waals surface area (Å²) < 4.78 is 22.8. The summed E-state index contributed by atoms with van der Waals surface area (Å²) in [6, 6.07) is 0. The van der Waals surface area contributed by atoms with Crippen molar-refractivity contribution in [1.82, 2.24) is 10.6 Å². The number of amides is 2. The Hall–Kier alpha value is -1.11. The van der Waals surface area contributed by atoms with Gasteiger partial charge >= 0.3 is 0 Å². The molecular formula is C16H28N2O4S. The molecular weight excluding hydrogens is 316 g/mol. The number of sulfone groups is 1. The molecule has 0 unspecified atom stereocenters. The van der Waals surface area contributed by atoms with Crippen LogP contribution in [0, 0.1) is 17.8 Å². The molecule has 0 radical (unpaired) electrons. The van der Waals surface area contributed by atoms with Crippen molar-refractivity contribution in [3.05, 3.63) is 0 Å². The monoisotopic (exact) mass is 344 g/mol. The second kappa shape index (κ2) is 8.13. The van der Waals surface area contributed by atoms with Crippen molar-refractivity contribution in [3.63, 3.8) is 0 Å². The van der Waals surface area contributed by atoms with Gasteiger partial charge < -0.3 is 10.6 Å². The van der Waals surface area contributed by atoms with E-state index in [1.807, 2.05) is 0 Å². The standard InChI is InChI=1S/C16H28N2O4S/c1-12(19)17-10-13-2-4-14(5-3-13)11-18-16(20)15-6-8-23(21,22)9-7-15/h13-15H,2-11H2,1H3,(H,17,19)(H,18,20). The summed E-state index contributed by atoms with van der Waals surface area (Å²) >= 11 is 0. The van der Waals surface area contributed by atoms with E-state index in [0.717, 1.165) is 32.2 Å². The number of carbonyl (C=O) groups excluding carboxylic acids is 2. The Balaban J connectivity index is 1.63. The van der Waals surface area contributed by atoms with Crippen LogP contribution in [0.1, 0.15) is 45.4 Å². The maximum absolute atomic E-state index is 12.1. The van der Waals surface area contributed by atoms with Crippen molar-refractivity contribution in [2.24, 2.45) is 17.8 Å². The first kappa shape index (κ1) is 18.2. The van der Waals surface area contributed by atoms with Gasteiger partial charge in [0.2, 0.25) is 11.8 Å². The van der Waals surface area contributed by atoms with Crippen molar-refractivity contribution < 1.29 is 18.0 Å². The smallest absolute Gasteiger partial charge is 0.223 e. The summed E-state index contributed by atoms with van der Waals surface area (Å²) in [6.45, 7) is 2.98. The molecule has 2 N–H and O–H groups in total. The van der Waals surface area contributed by atoms with Gasteiger partial charge in [0.1, 0.15) is 9.84 Å². The molecule has 23 heavy (non-hydrogen) atoms. The van der Waals surface area contributed by atoms with E-state index in [2.05, 4.69) is 10.6 Å². The maximum atomic E-state index is 12.1. The topological polar surface area (TPSA) is 92.3 Å². The van der Waals surface area contributed by atoms with Gasteiger partial charge in [-0.2, -0.15) is 0 Å². The third kappa shape index (κ3) is 6.12. The van der Waals surface area contributed by atoms with E-state index in [9.17, 15) is 18.0 Å². The predicted molar refractivity (Wildman–Crippen MR) is 88.5 cm³/mol. The quantitative estimate of drug-likeness (QED) is 0.774. The number of nitrogens with one attached hydrogen (secondary N) is 2. The van der Waals surface area contributed by atoms with E-state index in [4.69, 9.17) is 0 Å². The fourth-order valence-corrected chi connectivity index (χ4v) is 4.96. The van der Waals surface area contributed by atoms with E-state index in [1.165, 1.54) is 6.92 Å². The number of carbonyl (C=O) groups is 2. The third-order valence-electron chi connectivity index (χ3n) is 5.10. The molecule has 2 amide bonds. The SMILES string of the molecule is CC(=O)NCC1CCC(CNC(=O)C2CCS(=O)(=O)CC2)CC1. The lowest BCUT2D eigenvalue weighted by Gasteiger charge is -2.29. The number of hydrogen-bond acceptors (Lipinski definition) is 4. The summed E-state index contributed by atoms with van der Waals surface area (Å²) in [4.78, 5) is 23.1. The zero-order valence-corrected chi connectivity index (χ0v) is 14.7. The highest BCUT2D eigenvalue weighted by atomic mass is 32.2. The normalized spacial score (nSPS) is 28.0. The van der Waals surface area contributed by atoms with Crippen molar-refractivity contribution in [1.29, 1.82) is 0 Å². The van der Waals surface area contributed by atoms with Crippen LogP contribution in [0.15, 0.2) is 0 Å². The molecule has 0 aromatic rings. The van der Waals surface area contributed by atoms with Crippen LogP contribution in [-0.4, -0.2) is 44.8 Å². The molecule has 0 bridgehead atoms. The molecule has 6 nitrogen and oxygen atoms in total. The van der Waals surface area contributed by atoms with Crippen molar-refractivity contribution in [2.75, 3.05) is 24.6 Å². The number of hydrogen-bond donors (Lipinski definition) is 2. The van der Waals surface area contributed by atoms with Gasteiger partial charge in [0.25, 0.3) is 0 Å². The molecule has 7 heteroatoms. The van der Waals surface area contributed by atoms with Gasteiger partial charge in [0, 0.05) is 25.9 Å². The van der Waals surface area contributed by atoms with Crippen LogP contribution in [0.3, 0.4) is 0 Å². The molecule has 0 aromatic carbocycles. The Kier molecular flexibility index (Phi) is 6.44. The highest BCUT2D eigenvalue weighted by Gasteiger charge is 2.29. The van der Waals surface area contributed by atoms with Crippen LogP contribution in [0.4, 0.5) is 0 Å². The van der Waals surface area contributed by atoms with Crippen molar-refractivity contribution in [3.8, 4) is 0 Å². The van der Waals surface area contributed by atoms with Gasteiger partial charge in [0.15, 0.2) is 0 Å². The summed E-state index contributed by atoms with van der Waals surface area (Å²) in [7, 11) is -2.91. The highest BCUT2D eigenvalue weighted by Crippen LogP contribution is 2.28. The van der Waals surface area contributed by atoms with Crippen molar-refractivity contribution >= 4 is 21.7 Å². The van der Waals surface area contributed by atoms with Crippen LogP contribution in [0.25, 0.3) is 0 Å². The lowest BCUT2D eigenvalue weighted by atomic mass is 9.82. The first-order valence-corrected chi connectivity index (χ1v) is 10.4. The Morgan fingerprint density at radius 1 is 0.870 bits per heavy atom. The van der Waals surface area contributed by atoms with Crippen LogP contribution in [0.2, 0.25) is 0 Å². The molecule has 132 valence electrons. The minimum absolute atomic E-state index is 0.0141. The second-order valence-corrected chi connectivity index (χ2v) is 9.30. The van der Waals surface area contributed by atoms with Crippen LogP contribution in [0.5, 0.6) is 0 Å². The number of rotatable bonds is 5. The summed E-state index contributed by atoms with van der Waals surface area (Å²) in [5.41, 5.74) is 0. The molecule has 1 aliphatic heterocycles. The van der Waals surface area contributed by atoms with Crippen molar-refractivity contribution in [2.45, 2.75) is 45.4 Å². The van der Waals surface area contributed by atoms with Crippen LogP contribution in [-0.2, 0) is 19.4 Å². The van der Waals surface area contributed by atoms with E-state index in [-0.39, 0.29) is 29.2 Å². The van der Waals surface area contributed by atoms with Gasteiger partial charge in [-0.25, -0.2) is 8.42 Å². The molecule has 1 saturated carbocycles. The minimum Gasteiger partial charge on any atom is -0.356 e. The van der Waals surface area contributed by atoms with Crippen LogP contribution >= 0.6 is 0 Å². The van der Waals surface area contributed by atoms with Gasteiger partial charge in [-0.3, -0.25) is 9.59 Å².